The van der Waals surface area contributed by atoms with Gasteiger partial charge in [0.1, 0.15) is 6.54 Å². The number of rotatable bonds is 6. The van der Waals surface area contributed by atoms with Crippen molar-refractivity contribution in [2.45, 2.75) is 32.4 Å². The van der Waals surface area contributed by atoms with Crippen LogP contribution >= 0.6 is 0 Å². The normalized spacial score (nSPS) is 14.4. The van der Waals surface area contributed by atoms with Crippen LogP contribution in [0, 0.1) is 6.92 Å². The summed E-state index contributed by atoms with van der Waals surface area (Å²) in [7, 11) is 4.60. The van der Waals surface area contributed by atoms with E-state index in [9.17, 15) is 4.79 Å². The smallest absolute Gasteiger partial charge is 0.255 e. The standard InChI is InChI=1S/C28H32N2O2.HI/c1-21-7-11-23(12-8-21)24-5-4-6-25(19-24)28(31)29-26-13-9-22(10-14-26)20-30(2,3)27-15-17-32-18-16-27;/h4-14,19,27H,15-18,20H2,1-3H3;1H. The van der Waals surface area contributed by atoms with E-state index in [-0.39, 0.29) is 29.9 Å². The molecule has 1 fully saturated rings. The number of hydrogen-bond donors (Lipinski definition) is 1. The summed E-state index contributed by atoms with van der Waals surface area (Å²) >= 11 is 0. The lowest BCUT2D eigenvalue weighted by molar-refractivity contribution is -0.929. The van der Waals surface area contributed by atoms with E-state index < -0.39 is 0 Å². The van der Waals surface area contributed by atoms with E-state index in [1.165, 1.54) is 11.1 Å². The van der Waals surface area contributed by atoms with E-state index in [0.29, 0.717) is 11.6 Å². The van der Waals surface area contributed by atoms with E-state index in [1.54, 1.807) is 0 Å². The number of hydrogen-bond acceptors (Lipinski definition) is 2. The summed E-state index contributed by atoms with van der Waals surface area (Å²) in [6.07, 6.45) is 2.23. The minimum Gasteiger partial charge on any atom is -1.00 e. The Kier molecular flexibility index (Phi) is 8.68. The lowest BCUT2D eigenvalue weighted by Gasteiger charge is -2.40. The fraction of sp³-hybridized carbons (Fsp3) is 0.321. The molecule has 1 N–H and O–H groups in total. The van der Waals surface area contributed by atoms with Crippen LogP contribution in [-0.2, 0) is 11.3 Å². The molecule has 0 aliphatic carbocycles. The molecule has 174 valence electrons. The topological polar surface area (TPSA) is 38.3 Å². The number of halogens is 1. The molecule has 3 aromatic rings. The van der Waals surface area contributed by atoms with Gasteiger partial charge in [-0.3, -0.25) is 4.79 Å². The third-order valence-corrected chi connectivity index (χ3v) is 6.49. The van der Waals surface area contributed by atoms with Gasteiger partial charge in [0.25, 0.3) is 5.91 Å². The maximum Gasteiger partial charge on any atom is 0.255 e. The Bertz CT molecular complexity index is 1060. The molecule has 1 saturated heterocycles. The van der Waals surface area contributed by atoms with E-state index in [2.05, 4.69) is 62.7 Å². The molecular weight excluding hydrogens is 523 g/mol. The molecule has 1 amide bonds. The number of carbonyl (C=O) groups is 1. The van der Waals surface area contributed by atoms with Crippen LogP contribution < -0.4 is 29.3 Å². The first-order chi connectivity index (χ1) is 15.4. The van der Waals surface area contributed by atoms with Crippen molar-refractivity contribution in [3.8, 4) is 11.1 Å². The Morgan fingerprint density at radius 1 is 0.939 bits per heavy atom. The Labute approximate surface area is 214 Å². The molecule has 0 radical (unpaired) electrons. The van der Waals surface area contributed by atoms with Gasteiger partial charge in [0.05, 0.1) is 33.4 Å². The molecule has 4 rings (SSSR count). The average Bonchev–Trinajstić information content (AvgIpc) is 2.81. The van der Waals surface area contributed by atoms with Crippen LogP contribution in [0.15, 0.2) is 72.8 Å². The molecule has 33 heavy (non-hydrogen) atoms. The molecule has 0 bridgehead atoms. The average molecular weight is 556 g/mol. The van der Waals surface area contributed by atoms with Crippen LogP contribution in [0.3, 0.4) is 0 Å². The fourth-order valence-electron chi connectivity index (χ4n) is 4.47. The highest BCUT2D eigenvalue weighted by atomic mass is 127. The maximum atomic E-state index is 12.8. The van der Waals surface area contributed by atoms with Crippen molar-refractivity contribution >= 4 is 11.6 Å². The first-order valence-electron chi connectivity index (χ1n) is 11.4. The molecule has 5 heteroatoms. The zero-order valence-corrected chi connectivity index (χ0v) is 21.8. The molecule has 0 atom stereocenters. The Balaban J connectivity index is 0.00000306. The van der Waals surface area contributed by atoms with E-state index in [4.69, 9.17) is 4.74 Å². The monoisotopic (exact) mass is 556 g/mol. The van der Waals surface area contributed by atoms with E-state index >= 15 is 0 Å². The third-order valence-electron chi connectivity index (χ3n) is 6.49. The highest BCUT2D eigenvalue weighted by Crippen LogP contribution is 2.24. The second kappa shape index (κ2) is 11.3. The minimum absolute atomic E-state index is 0. The minimum atomic E-state index is -0.0926. The van der Waals surface area contributed by atoms with Crippen molar-refractivity contribution in [2.75, 3.05) is 32.6 Å². The predicted octanol–water partition coefficient (Wildman–Crippen LogP) is 2.67. The molecule has 3 aromatic carbocycles. The third kappa shape index (κ3) is 6.65. The van der Waals surface area contributed by atoms with Crippen molar-refractivity contribution < 1.29 is 38.0 Å². The van der Waals surface area contributed by atoms with E-state index in [1.807, 2.05) is 36.4 Å². The van der Waals surface area contributed by atoms with Gasteiger partial charge in [0.2, 0.25) is 0 Å². The first kappa shape index (κ1) is 25.4. The summed E-state index contributed by atoms with van der Waals surface area (Å²) in [5, 5.41) is 3.04. The number of quaternary nitrogens is 1. The lowest BCUT2D eigenvalue weighted by atomic mass is 10.0. The van der Waals surface area contributed by atoms with Crippen molar-refractivity contribution in [3.05, 3.63) is 89.5 Å². The van der Waals surface area contributed by atoms with Gasteiger partial charge in [-0.25, -0.2) is 0 Å². The Hall–Kier alpha value is -2.22. The summed E-state index contributed by atoms with van der Waals surface area (Å²) in [6.45, 7) is 4.77. The number of anilines is 1. The number of benzene rings is 3. The SMILES string of the molecule is Cc1ccc(-c2cccc(C(=O)Nc3ccc(C[N+](C)(C)C4CCOCC4)cc3)c2)cc1.[I-]. The predicted molar refractivity (Wildman–Crippen MR) is 131 cm³/mol. The fourth-order valence-corrected chi connectivity index (χ4v) is 4.47. The first-order valence-corrected chi connectivity index (χ1v) is 11.4. The highest BCUT2D eigenvalue weighted by Gasteiger charge is 2.30. The van der Waals surface area contributed by atoms with E-state index in [0.717, 1.165) is 53.9 Å². The molecule has 1 heterocycles. The molecule has 0 aromatic heterocycles. The van der Waals surface area contributed by atoms with Gasteiger partial charge in [-0.1, -0.05) is 54.1 Å². The van der Waals surface area contributed by atoms with Crippen LogP contribution in [0.25, 0.3) is 11.1 Å². The van der Waals surface area contributed by atoms with Crippen LogP contribution in [0.4, 0.5) is 5.69 Å². The molecular formula is C28H33IN2O2. The van der Waals surface area contributed by atoms with Gasteiger partial charge in [0.15, 0.2) is 0 Å². The van der Waals surface area contributed by atoms with Gasteiger partial charge < -0.3 is 38.5 Å². The van der Waals surface area contributed by atoms with Crippen molar-refractivity contribution in [1.29, 1.82) is 0 Å². The van der Waals surface area contributed by atoms with Gasteiger partial charge in [-0.05, 0) is 42.3 Å². The highest BCUT2D eigenvalue weighted by molar-refractivity contribution is 6.04. The largest absolute Gasteiger partial charge is 1.00 e. The van der Waals surface area contributed by atoms with Gasteiger partial charge in [-0.15, -0.1) is 0 Å². The Morgan fingerprint density at radius 3 is 2.27 bits per heavy atom. The van der Waals surface area contributed by atoms with Gasteiger partial charge in [-0.2, -0.15) is 0 Å². The van der Waals surface area contributed by atoms with Crippen LogP contribution in [-0.4, -0.2) is 43.7 Å². The summed E-state index contributed by atoms with van der Waals surface area (Å²) < 4.78 is 6.48. The quantitative estimate of drug-likeness (QED) is 0.375. The van der Waals surface area contributed by atoms with Crippen molar-refractivity contribution in [2.24, 2.45) is 0 Å². The number of ether oxygens (including phenoxy) is 1. The lowest BCUT2D eigenvalue weighted by Crippen LogP contribution is -3.00. The van der Waals surface area contributed by atoms with Gasteiger partial charge >= 0.3 is 0 Å². The zero-order valence-electron chi connectivity index (χ0n) is 19.7. The van der Waals surface area contributed by atoms with Crippen molar-refractivity contribution in [1.82, 2.24) is 0 Å². The van der Waals surface area contributed by atoms with Crippen LogP contribution in [0.2, 0.25) is 0 Å². The summed E-state index contributed by atoms with van der Waals surface area (Å²) in [4.78, 5) is 12.8. The number of carbonyl (C=O) groups excluding carboxylic acids is 1. The van der Waals surface area contributed by atoms with Crippen LogP contribution in [0.1, 0.15) is 34.3 Å². The number of nitrogens with zero attached hydrogens (tertiary/aromatic N) is 1. The Morgan fingerprint density at radius 2 is 1.61 bits per heavy atom. The summed E-state index contributed by atoms with van der Waals surface area (Å²) in [6, 6.07) is 25.0. The number of amides is 1. The summed E-state index contributed by atoms with van der Waals surface area (Å²) in [5.41, 5.74) is 6.13. The summed E-state index contributed by atoms with van der Waals surface area (Å²) in [5.74, 6) is -0.0926. The molecule has 1 aliphatic rings. The molecule has 1 aliphatic heterocycles. The van der Waals surface area contributed by atoms with Crippen LogP contribution in [0.5, 0.6) is 0 Å². The van der Waals surface area contributed by atoms with Gasteiger partial charge in [0, 0.05) is 29.7 Å². The molecule has 4 nitrogen and oxygen atoms in total. The number of nitrogens with one attached hydrogen (secondary N) is 1. The number of aryl methyl sites for hydroxylation is 1. The molecule has 0 unspecified atom stereocenters. The zero-order chi connectivity index (χ0) is 22.6. The molecule has 0 spiro atoms. The maximum absolute atomic E-state index is 12.8. The van der Waals surface area contributed by atoms with Crippen molar-refractivity contribution in [3.63, 3.8) is 0 Å². The second-order valence-corrected chi connectivity index (χ2v) is 9.38. The second-order valence-electron chi connectivity index (χ2n) is 9.38. The molecule has 0 saturated carbocycles.